The van der Waals surface area contributed by atoms with Crippen LogP contribution in [0.1, 0.15) is 5.56 Å². The van der Waals surface area contributed by atoms with Gasteiger partial charge in [0, 0.05) is 21.0 Å². The molecule has 0 fully saturated rings. The molecule has 98 valence electrons. The van der Waals surface area contributed by atoms with Gasteiger partial charge in [-0.15, -0.1) is 22.7 Å². The number of fused-ring (bicyclic) bond motifs is 3. The molecule has 4 rings (SSSR count). The summed E-state index contributed by atoms with van der Waals surface area (Å²) >= 11 is 3.73. The number of benzene rings is 1. The molecule has 0 saturated carbocycles. The summed E-state index contributed by atoms with van der Waals surface area (Å²) in [6.07, 6.45) is 2.17. The zero-order valence-corrected chi connectivity index (χ0v) is 13.0. The van der Waals surface area contributed by atoms with Crippen LogP contribution in [0.5, 0.6) is 0 Å². The lowest BCUT2D eigenvalue weighted by Crippen LogP contribution is -2.30. The van der Waals surface area contributed by atoms with Crippen LogP contribution in [0.4, 0.5) is 0 Å². The standard InChI is InChI=1S/C17H14NS2/c1-11-5-3-4-6-12(11)16-15-13(7-9-18(16)2)20-14-8-10-19-17(14)15/h3-10H,1-2H3/q+1. The van der Waals surface area contributed by atoms with Gasteiger partial charge in [0.1, 0.15) is 7.05 Å². The monoisotopic (exact) mass is 296 g/mol. The number of pyridine rings is 1. The van der Waals surface area contributed by atoms with Crippen molar-refractivity contribution in [1.82, 2.24) is 0 Å². The molecule has 0 unspecified atom stereocenters. The Bertz CT molecular complexity index is 931. The molecular weight excluding hydrogens is 282 g/mol. The van der Waals surface area contributed by atoms with E-state index in [4.69, 9.17) is 0 Å². The summed E-state index contributed by atoms with van der Waals surface area (Å²) in [5.41, 5.74) is 3.98. The van der Waals surface area contributed by atoms with Crippen LogP contribution in [-0.2, 0) is 7.05 Å². The molecule has 1 aromatic carbocycles. The van der Waals surface area contributed by atoms with Crippen molar-refractivity contribution in [2.75, 3.05) is 0 Å². The number of aryl methyl sites for hydroxylation is 2. The van der Waals surface area contributed by atoms with Crippen LogP contribution in [0.25, 0.3) is 30.7 Å². The minimum absolute atomic E-state index is 1.33. The van der Waals surface area contributed by atoms with E-state index in [2.05, 4.69) is 66.5 Å². The molecule has 0 amide bonds. The van der Waals surface area contributed by atoms with Crippen LogP contribution < -0.4 is 4.57 Å². The first-order valence-corrected chi connectivity index (χ1v) is 8.29. The Kier molecular flexibility index (Phi) is 2.65. The van der Waals surface area contributed by atoms with Gasteiger partial charge in [0.15, 0.2) is 6.20 Å². The van der Waals surface area contributed by atoms with E-state index in [9.17, 15) is 0 Å². The van der Waals surface area contributed by atoms with Crippen molar-refractivity contribution in [1.29, 1.82) is 0 Å². The molecule has 0 bridgehead atoms. The number of rotatable bonds is 1. The van der Waals surface area contributed by atoms with Crippen LogP contribution in [0.3, 0.4) is 0 Å². The molecule has 0 radical (unpaired) electrons. The lowest BCUT2D eigenvalue weighted by Gasteiger charge is -2.05. The second-order valence-corrected chi connectivity index (χ2v) is 7.05. The molecule has 3 heteroatoms. The zero-order valence-electron chi connectivity index (χ0n) is 11.4. The van der Waals surface area contributed by atoms with Gasteiger partial charge in [0.25, 0.3) is 0 Å². The second kappa shape index (κ2) is 4.40. The molecule has 20 heavy (non-hydrogen) atoms. The Morgan fingerprint density at radius 1 is 1.00 bits per heavy atom. The van der Waals surface area contributed by atoms with E-state index in [0.717, 1.165) is 0 Å². The normalized spacial score (nSPS) is 11.5. The van der Waals surface area contributed by atoms with Gasteiger partial charge in [0.05, 0.1) is 10.1 Å². The number of nitrogens with zero attached hydrogens (tertiary/aromatic N) is 1. The number of thiophene rings is 2. The van der Waals surface area contributed by atoms with Crippen LogP contribution in [0, 0.1) is 6.92 Å². The molecule has 0 aliphatic carbocycles. The maximum Gasteiger partial charge on any atom is 0.222 e. The van der Waals surface area contributed by atoms with Gasteiger partial charge >= 0.3 is 0 Å². The Hall–Kier alpha value is -1.71. The SMILES string of the molecule is Cc1ccccc1-c1c2c(cc[n+]1C)sc1ccsc12. The fourth-order valence-corrected chi connectivity index (χ4v) is 5.04. The average molecular weight is 296 g/mol. The summed E-state index contributed by atoms with van der Waals surface area (Å²) in [5.74, 6) is 0. The highest BCUT2D eigenvalue weighted by atomic mass is 32.1. The van der Waals surface area contributed by atoms with Crippen molar-refractivity contribution in [2.45, 2.75) is 6.92 Å². The van der Waals surface area contributed by atoms with E-state index in [-0.39, 0.29) is 0 Å². The van der Waals surface area contributed by atoms with Crippen molar-refractivity contribution in [2.24, 2.45) is 7.05 Å². The van der Waals surface area contributed by atoms with Gasteiger partial charge < -0.3 is 0 Å². The average Bonchev–Trinajstić information content (AvgIpc) is 3.01. The van der Waals surface area contributed by atoms with Crippen molar-refractivity contribution in [3.8, 4) is 11.3 Å². The summed E-state index contributed by atoms with van der Waals surface area (Å²) in [4.78, 5) is 0. The largest absolute Gasteiger partial charge is 0.222 e. The minimum Gasteiger partial charge on any atom is -0.200 e. The zero-order chi connectivity index (χ0) is 13.7. The third-order valence-electron chi connectivity index (χ3n) is 3.76. The first-order chi connectivity index (χ1) is 9.75. The summed E-state index contributed by atoms with van der Waals surface area (Å²) in [6, 6.07) is 13.1. The Balaban J connectivity index is 2.22. The fourth-order valence-electron chi connectivity index (χ4n) is 2.78. The van der Waals surface area contributed by atoms with E-state index in [1.165, 1.54) is 36.3 Å². The summed E-state index contributed by atoms with van der Waals surface area (Å²) in [7, 11) is 2.14. The number of hydrogen-bond acceptors (Lipinski definition) is 2. The van der Waals surface area contributed by atoms with E-state index in [1.54, 1.807) is 0 Å². The number of aromatic nitrogens is 1. The Morgan fingerprint density at radius 3 is 2.70 bits per heavy atom. The fraction of sp³-hybridized carbons (Fsp3) is 0.118. The summed E-state index contributed by atoms with van der Waals surface area (Å²) in [6.45, 7) is 2.19. The third-order valence-corrected chi connectivity index (χ3v) is 5.94. The van der Waals surface area contributed by atoms with Crippen molar-refractivity contribution in [3.05, 3.63) is 53.5 Å². The molecule has 4 aromatic rings. The molecular formula is C17H14NS2+. The van der Waals surface area contributed by atoms with Crippen LogP contribution in [-0.4, -0.2) is 0 Å². The highest BCUT2D eigenvalue weighted by molar-refractivity contribution is 7.32. The smallest absolute Gasteiger partial charge is 0.200 e. The number of hydrogen-bond donors (Lipinski definition) is 0. The molecule has 1 nitrogen and oxygen atoms in total. The first-order valence-electron chi connectivity index (χ1n) is 6.60. The molecule has 0 saturated heterocycles. The third kappa shape index (κ3) is 1.63. The van der Waals surface area contributed by atoms with E-state index < -0.39 is 0 Å². The molecule has 0 N–H and O–H groups in total. The Labute approximate surface area is 125 Å². The van der Waals surface area contributed by atoms with Gasteiger partial charge in [-0.3, -0.25) is 0 Å². The molecule has 3 heterocycles. The quantitative estimate of drug-likeness (QED) is 0.439. The Morgan fingerprint density at radius 2 is 1.85 bits per heavy atom. The first kappa shape index (κ1) is 12.1. The predicted octanol–water partition coefficient (Wildman–Crippen LogP) is 4.92. The molecule has 0 aliphatic heterocycles. The van der Waals surface area contributed by atoms with Crippen molar-refractivity contribution < 1.29 is 4.57 Å². The second-order valence-electron chi connectivity index (χ2n) is 5.05. The van der Waals surface area contributed by atoms with Crippen molar-refractivity contribution in [3.63, 3.8) is 0 Å². The van der Waals surface area contributed by atoms with Gasteiger partial charge in [-0.2, -0.15) is 0 Å². The lowest BCUT2D eigenvalue weighted by atomic mass is 10.0. The van der Waals surface area contributed by atoms with E-state index in [1.807, 2.05) is 22.7 Å². The minimum atomic E-state index is 1.33. The maximum absolute atomic E-state index is 2.25. The highest BCUT2D eigenvalue weighted by Gasteiger charge is 2.21. The maximum atomic E-state index is 2.25. The summed E-state index contributed by atoms with van der Waals surface area (Å²) < 4.78 is 6.44. The van der Waals surface area contributed by atoms with Gasteiger partial charge in [-0.1, -0.05) is 18.2 Å². The van der Waals surface area contributed by atoms with Crippen molar-refractivity contribution >= 4 is 42.2 Å². The van der Waals surface area contributed by atoms with Gasteiger partial charge in [-0.05, 0) is 30.0 Å². The molecule has 3 aromatic heterocycles. The van der Waals surface area contributed by atoms with E-state index in [0.29, 0.717) is 0 Å². The van der Waals surface area contributed by atoms with Gasteiger partial charge in [0.2, 0.25) is 5.69 Å². The lowest BCUT2D eigenvalue weighted by molar-refractivity contribution is -0.659. The highest BCUT2D eigenvalue weighted by Crippen LogP contribution is 2.41. The van der Waals surface area contributed by atoms with Crippen LogP contribution in [0.15, 0.2) is 48.0 Å². The predicted molar refractivity (Wildman–Crippen MR) is 88.6 cm³/mol. The molecule has 0 aliphatic rings. The van der Waals surface area contributed by atoms with Crippen LogP contribution in [0.2, 0.25) is 0 Å². The topological polar surface area (TPSA) is 3.88 Å². The van der Waals surface area contributed by atoms with E-state index >= 15 is 0 Å². The molecule has 0 atom stereocenters. The van der Waals surface area contributed by atoms with Gasteiger partial charge in [-0.25, -0.2) is 4.57 Å². The van der Waals surface area contributed by atoms with Crippen LogP contribution >= 0.6 is 22.7 Å². The molecule has 0 spiro atoms. The summed E-state index contributed by atoms with van der Waals surface area (Å²) in [5, 5.41) is 3.59.